The van der Waals surface area contributed by atoms with Gasteiger partial charge >= 0.3 is 0 Å². The second-order valence-electron chi connectivity index (χ2n) is 3.65. The molecule has 0 aliphatic rings. The van der Waals surface area contributed by atoms with Crippen molar-refractivity contribution in [1.82, 2.24) is 0 Å². The molecule has 1 aromatic rings. The van der Waals surface area contributed by atoms with Crippen molar-refractivity contribution >= 4 is 17.4 Å². The van der Waals surface area contributed by atoms with Gasteiger partial charge in [-0.15, -0.1) is 0 Å². The molecule has 1 unspecified atom stereocenters. The lowest BCUT2D eigenvalue weighted by Gasteiger charge is -2.09. The van der Waals surface area contributed by atoms with Gasteiger partial charge in [0.1, 0.15) is 5.92 Å². The van der Waals surface area contributed by atoms with Gasteiger partial charge in [0, 0.05) is 11.4 Å². The zero-order valence-corrected chi connectivity index (χ0v) is 10.00. The van der Waals surface area contributed by atoms with Crippen molar-refractivity contribution in [1.29, 1.82) is 5.26 Å². The minimum Gasteiger partial charge on any atom is -0.298 e. The van der Waals surface area contributed by atoms with Crippen LogP contribution in [0.2, 0.25) is 5.02 Å². The summed E-state index contributed by atoms with van der Waals surface area (Å²) >= 11 is 5.97. The maximum absolute atomic E-state index is 11.8. The molecular weight excluding hydrogens is 222 g/mol. The third kappa shape index (κ3) is 3.08. The number of benzene rings is 1. The predicted octanol–water partition coefficient (Wildman–Crippen LogP) is 3.71. The molecule has 3 heteroatoms. The molecule has 0 N–H and O–H groups in total. The lowest BCUT2D eigenvalue weighted by atomic mass is 9.93. The number of rotatable bonds is 5. The summed E-state index contributed by atoms with van der Waals surface area (Å²) in [6.45, 7) is 2.02. The second-order valence-corrected chi connectivity index (χ2v) is 4.06. The Morgan fingerprint density at radius 2 is 2.19 bits per heavy atom. The number of Topliss-reactive ketones (excluding diaryl/α,β-unsaturated/α-hetero) is 1. The molecule has 0 heterocycles. The third-order valence-corrected chi connectivity index (χ3v) is 2.79. The van der Waals surface area contributed by atoms with Crippen LogP contribution in [0.25, 0.3) is 0 Å². The largest absolute Gasteiger partial charge is 0.298 e. The number of carbonyl (C=O) groups excluding carboxylic acids is 1. The molecule has 0 aromatic heterocycles. The Hall–Kier alpha value is -1.33. The van der Waals surface area contributed by atoms with Gasteiger partial charge in [0.2, 0.25) is 0 Å². The van der Waals surface area contributed by atoms with E-state index >= 15 is 0 Å². The molecule has 0 bridgehead atoms. The maximum atomic E-state index is 11.8. The zero-order valence-electron chi connectivity index (χ0n) is 9.24. The van der Waals surface area contributed by atoms with Gasteiger partial charge in [-0.05, 0) is 18.1 Å². The molecule has 0 saturated heterocycles. The SMILES string of the molecule is CCCCC(=O)C(C#N)c1ccccc1Cl. The molecule has 0 spiro atoms. The minimum atomic E-state index is -0.722. The van der Waals surface area contributed by atoms with E-state index in [2.05, 4.69) is 0 Å². The third-order valence-electron chi connectivity index (χ3n) is 2.44. The van der Waals surface area contributed by atoms with Crippen LogP contribution in [0.15, 0.2) is 24.3 Å². The Kier molecular flexibility index (Phi) is 5.01. The molecule has 2 nitrogen and oxygen atoms in total. The number of nitriles is 1. The van der Waals surface area contributed by atoms with E-state index in [4.69, 9.17) is 16.9 Å². The molecule has 0 fully saturated rings. The summed E-state index contributed by atoms with van der Waals surface area (Å²) in [5, 5.41) is 9.53. The number of hydrogen-bond acceptors (Lipinski definition) is 2. The van der Waals surface area contributed by atoms with E-state index in [1.54, 1.807) is 24.3 Å². The highest BCUT2D eigenvalue weighted by molar-refractivity contribution is 6.31. The van der Waals surface area contributed by atoms with Gasteiger partial charge in [-0.1, -0.05) is 43.1 Å². The van der Waals surface area contributed by atoms with Crippen LogP contribution in [-0.4, -0.2) is 5.78 Å². The summed E-state index contributed by atoms with van der Waals surface area (Å²) < 4.78 is 0. The Morgan fingerprint density at radius 1 is 1.50 bits per heavy atom. The van der Waals surface area contributed by atoms with Gasteiger partial charge in [0.25, 0.3) is 0 Å². The summed E-state index contributed by atoms with van der Waals surface area (Å²) in [6, 6.07) is 9.05. The first-order valence-corrected chi connectivity index (χ1v) is 5.75. The van der Waals surface area contributed by atoms with Crippen LogP contribution in [-0.2, 0) is 4.79 Å². The molecule has 0 aliphatic heterocycles. The van der Waals surface area contributed by atoms with Crippen LogP contribution in [0.3, 0.4) is 0 Å². The Morgan fingerprint density at radius 3 is 2.75 bits per heavy atom. The number of carbonyl (C=O) groups is 1. The highest BCUT2D eigenvalue weighted by atomic mass is 35.5. The Balaban J connectivity index is 2.87. The average molecular weight is 236 g/mol. The highest BCUT2D eigenvalue weighted by Crippen LogP contribution is 2.25. The Labute approximate surface area is 101 Å². The van der Waals surface area contributed by atoms with E-state index in [0.29, 0.717) is 17.0 Å². The molecule has 0 aliphatic carbocycles. The summed E-state index contributed by atoms with van der Waals surface area (Å²) in [4.78, 5) is 11.8. The first-order valence-electron chi connectivity index (χ1n) is 5.37. The number of hydrogen-bond donors (Lipinski definition) is 0. The molecule has 84 valence electrons. The lowest BCUT2D eigenvalue weighted by Crippen LogP contribution is -2.10. The van der Waals surface area contributed by atoms with Crippen molar-refractivity contribution in [2.75, 3.05) is 0 Å². The van der Waals surface area contributed by atoms with E-state index in [1.807, 2.05) is 13.0 Å². The molecule has 0 radical (unpaired) electrons. The molecule has 1 atom stereocenters. The van der Waals surface area contributed by atoms with Gasteiger partial charge in [-0.2, -0.15) is 5.26 Å². The van der Waals surface area contributed by atoms with Crippen LogP contribution < -0.4 is 0 Å². The summed E-state index contributed by atoms with van der Waals surface area (Å²) in [5.41, 5.74) is 0.618. The topological polar surface area (TPSA) is 40.9 Å². The van der Waals surface area contributed by atoms with Crippen LogP contribution in [0.5, 0.6) is 0 Å². The molecule has 1 rings (SSSR count). The van der Waals surface area contributed by atoms with E-state index in [0.717, 1.165) is 12.8 Å². The van der Waals surface area contributed by atoms with E-state index in [9.17, 15) is 4.79 Å². The van der Waals surface area contributed by atoms with E-state index < -0.39 is 5.92 Å². The van der Waals surface area contributed by atoms with Gasteiger partial charge < -0.3 is 0 Å². The maximum Gasteiger partial charge on any atom is 0.154 e. The summed E-state index contributed by atoms with van der Waals surface area (Å²) in [7, 11) is 0. The fourth-order valence-corrected chi connectivity index (χ4v) is 1.76. The number of unbranched alkanes of at least 4 members (excludes halogenated alkanes) is 1. The Bertz CT molecular complexity index is 409. The van der Waals surface area contributed by atoms with E-state index in [-0.39, 0.29) is 5.78 Å². The first-order chi connectivity index (χ1) is 7.70. The average Bonchev–Trinajstić information content (AvgIpc) is 2.30. The summed E-state index contributed by atoms with van der Waals surface area (Å²) in [5.74, 6) is -0.766. The standard InChI is InChI=1S/C13H14ClNO/c1-2-3-8-13(16)11(9-15)10-6-4-5-7-12(10)14/h4-7,11H,2-3,8H2,1H3. The van der Waals surface area contributed by atoms with Gasteiger partial charge in [-0.3, -0.25) is 4.79 Å². The monoisotopic (exact) mass is 235 g/mol. The molecule has 0 saturated carbocycles. The van der Waals surface area contributed by atoms with Crippen molar-refractivity contribution in [2.24, 2.45) is 0 Å². The highest BCUT2D eigenvalue weighted by Gasteiger charge is 2.21. The van der Waals surface area contributed by atoms with Gasteiger partial charge in [0.05, 0.1) is 6.07 Å². The van der Waals surface area contributed by atoms with Gasteiger partial charge in [-0.25, -0.2) is 0 Å². The number of ketones is 1. The van der Waals surface area contributed by atoms with Crippen molar-refractivity contribution in [3.63, 3.8) is 0 Å². The lowest BCUT2D eigenvalue weighted by molar-refractivity contribution is -0.119. The quantitative estimate of drug-likeness (QED) is 0.781. The summed E-state index contributed by atoms with van der Waals surface area (Å²) in [6.07, 6.45) is 2.22. The molecule has 16 heavy (non-hydrogen) atoms. The zero-order chi connectivity index (χ0) is 12.0. The van der Waals surface area contributed by atoms with E-state index in [1.165, 1.54) is 0 Å². The van der Waals surface area contributed by atoms with Crippen molar-refractivity contribution in [3.8, 4) is 6.07 Å². The van der Waals surface area contributed by atoms with Crippen LogP contribution in [0.4, 0.5) is 0 Å². The molecular formula is C13H14ClNO. The van der Waals surface area contributed by atoms with Gasteiger partial charge in [0.15, 0.2) is 5.78 Å². The van der Waals surface area contributed by atoms with Crippen LogP contribution in [0, 0.1) is 11.3 Å². The second kappa shape index (κ2) is 6.30. The number of nitrogens with zero attached hydrogens (tertiary/aromatic N) is 1. The van der Waals surface area contributed by atoms with Crippen LogP contribution in [0.1, 0.15) is 37.7 Å². The smallest absolute Gasteiger partial charge is 0.154 e. The van der Waals surface area contributed by atoms with Crippen molar-refractivity contribution < 1.29 is 4.79 Å². The minimum absolute atomic E-state index is 0.0440. The van der Waals surface area contributed by atoms with Crippen molar-refractivity contribution in [3.05, 3.63) is 34.9 Å². The van der Waals surface area contributed by atoms with Crippen LogP contribution >= 0.6 is 11.6 Å². The normalized spacial score (nSPS) is 11.8. The first kappa shape index (κ1) is 12.7. The molecule has 1 aromatic carbocycles. The fourth-order valence-electron chi connectivity index (χ4n) is 1.52. The number of halogens is 1. The van der Waals surface area contributed by atoms with Crippen molar-refractivity contribution in [2.45, 2.75) is 32.1 Å². The predicted molar refractivity (Wildman–Crippen MR) is 64.3 cm³/mol. The fraction of sp³-hybridized carbons (Fsp3) is 0.385. The molecule has 0 amide bonds.